The summed E-state index contributed by atoms with van der Waals surface area (Å²) in [6.45, 7) is 2.91. The summed E-state index contributed by atoms with van der Waals surface area (Å²) in [6, 6.07) is 6.28. The van der Waals surface area contributed by atoms with Crippen LogP contribution in [-0.4, -0.2) is 27.7 Å². The van der Waals surface area contributed by atoms with E-state index in [0.29, 0.717) is 11.1 Å². The quantitative estimate of drug-likeness (QED) is 0.848. The van der Waals surface area contributed by atoms with Crippen LogP contribution in [0.2, 0.25) is 0 Å². The number of aromatic amines is 1. The molecule has 22 heavy (non-hydrogen) atoms. The highest BCUT2D eigenvalue weighted by Gasteiger charge is 2.42. The molecule has 0 amide bonds. The molecule has 0 radical (unpaired) electrons. The molecular formula is C16H18N4OS. The molecule has 114 valence electrons. The molecular weight excluding hydrogens is 296 g/mol. The number of hydrogen-bond donors (Lipinski definition) is 2. The van der Waals surface area contributed by atoms with Gasteiger partial charge >= 0.3 is 0 Å². The van der Waals surface area contributed by atoms with Crippen molar-refractivity contribution >= 4 is 16.9 Å². The van der Waals surface area contributed by atoms with E-state index in [1.807, 2.05) is 18.5 Å². The molecule has 0 unspecified atom stereocenters. The maximum atomic E-state index is 6.02. The molecule has 3 heterocycles. The van der Waals surface area contributed by atoms with Crippen molar-refractivity contribution in [3.05, 3.63) is 36.2 Å². The fourth-order valence-electron chi connectivity index (χ4n) is 3.30. The van der Waals surface area contributed by atoms with Crippen LogP contribution in [0.3, 0.4) is 0 Å². The summed E-state index contributed by atoms with van der Waals surface area (Å²) < 4.78 is 5.97. The Hall–Kier alpha value is -1.95. The van der Waals surface area contributed by atoms with Crippen molar-refractivity contribution in [3.8, 4) is 16.9 Å². The monoisotopic (exact) mass is 314 g/mol. The molecule has 6 heteroatoms. The molecule has 4 rings (SSSR count). The Kier molecular flexibility index (Phi) is 3.14. The topological polar surface area (TPSA) is 76.3 Å². The van der Waals surface area contributed by atoms with Crippen LogP contribution in [-0.2, 0) is 5.54 Å². The van der Waals surface area contributed by atoms with Crippen LogP contribution in [0.15, 0.2) is 35.6 Å². The van der Waals surface area contributed by atoms with Gasteiger partial charge in [0.25, 0.3) is 0 Å². The van der Waals surface area contributed by atoms with E-state index in [4.69, 9.17) is 15.5 Å². The number of amidine groups is 1. The fraction of sp³-hybridized carbons (Fsp3) is 0.375. The molecule has 2 aliphatic heterocycles. The first kappa shape index (κ1) is 13.7. The minimum atomic E-state index is -0.319. The third kappa shape index (κ3) is 2.09. The highest BCUT2D eigenvalue weighted by atomic mass is 32.2. The van der Waals surface area contributed by atoms with Crippen LogP contribution in [0.1, 0.15) is 18.9 Å². The van der Waals surface area contributed by atoms with Crippen LogP contribution in [0, 0.1) is 5.92 Å². The molecule has 2 aromatic rings. The Bertz CT molecular complexity index is 728. The van der Waals surface area contributed by atoms with Gasteiger partial charge in [-0.2, -0.15) is 5.10 Å². The molecule has 2 atom stereocenters. The highest BCUT2D eigenvalue weighted by Crippen LogP contribution is 2.47. The van der Waals surface area contributed by atoms with Gasteiger partial charge in [-0.05, 0) is 31.0 Å². The number of ether oxygens (including phenoxy) is 1. The molecule has 0 aliphatic carbocycles. The number of nitrogens with two attached hydrogens (primary N) is 1. The van der Waals surface area contributed by atoms with Crippen molar-refractivity contribution in [2.45, 2.75) is 18.9 Å². The van der Waals surface area contributed by atoms with E-state index in [1.165, 1.54) is 0 Å². The Morgan fingerprint density at radius 2 is 2.32 bits per heavy atom. The Labute approximate surface area is 133 Å². The molecule has 1 aromatic carbocycles. The molecule has 3 N–H and O–H groups in total. The number of fused-ring (bicyclic) bond motifs is 3. The molecule has 2 aliphatic rings. The number of nitrogens with zero attached hydrogens (tertiary/aromatic N) is 2. The number of hydrogen-bond acceptors (Lipinski definition) is 5. The van der Waals surface area contributed by atoms with E-state index in [1.54, 1.807) is 11.8 Å². The second-order valence-electron chi connectivity index (χ2n) is 5.94. The third-order valence-electron chi connectivity index (χ3n) is 4.65. The van der Waals surface area contributed by atoms with E-state index in [2.05, 4.69) is 29.3 Å². The first-order chi connectivity index (χ1) is 10.7. The van der Waals surface area contributed by atoms with Gasteiger partial charge in [0, 0.05) is 29.0 Å². The van der Waals surface area contributed by atoms with E-state index in [-0.39, 0.29) is 5.54 Å². The van der Waals surface area contributed by atoms with E-state index < -0.39 is 0 Å². The second kappa shape index (κ2) is 5.05. The number of thioether (sulfide) groups is 1. The lowest BCUT2D eigenvalue weighted by Crippen LogP contribution is -2.37. The normalized spacial score (nSPS) is 27.1. The SMILES string of the molecule is C[C@]12N=C(N)SC[C@H]1CCOc1ccc(-c3cn[nH]c3)cc12. The number of aliphatic imine (C=N–C) groups is 1. The minimum Gasteiger partial charge on any atom is -0.493 e. The number of benzene rings is 1. The predicted molar refractivity (Wildman–Crippen MR) is 89.1 cm³/mol. The largest absolute Gasteiger partial charge is 0.493 e. The number of rotatable bonds is 1. The van der Waals surface area contributed by atoms with Crippen molar-refractivity contribution in [1.82, 2.24) is 10.2 Å². The Balaban J connectivity index is 1.89. The summed E-state index contributed by atoms with van der Waals surface area (Å²) in [4.78, 5) is 4.81. The summed E-state index contributed by atoms with van der Waals surface area (Å²) in [5, 5.41) is 7.56. The van der Waals surface area contributed by atoms with Gasteiger partial charge in [-0.15, -0.1) is 0 Å². The molecule has 1 aromatic heterocycles. The number of nitrogens with one attached hydrogen (secondary N) is 1. The van der Waals surface area contributed by atoms with Gasteiger partial charge in [0.15, 0.2) is 5.17 Å². The number of aromatic nitrogens is 2. The lowest BCUT2D eigenvalue weighted by atomic mass is 9.78. The zero-order valence-electron chi connectivity index (χ0n) is 12.4. The average Bonchev–Trinajstić information content (AvgIpc) is 2.99. The zero-order chi connectivity index (χ0) is 15.2. The first-order valence-corrected chi connectivity index (χ1v) is 8.40. The first-order valence-electron chi connectivity index (χ1n) is 7.41. The van der Waals surface area contributed by atoms with Crippen molar-refractivity contribution in [3.63, 3.8) is 0 Å². The van der Waals surface area contributed by atoms with Crippen molar-refractivity contribution in [2.75, 3.05) is 12.4 Å². The van der Waals surface area contributed by atoms with Crippen LogP contribution < -0.4 is 10.5 Å². The van der Waals surface area contributed by atoms with Gasteiger partial charge in [0.2, 0.25) is 0 Å². The Morgan fingerprint density at radius 3 is 3.14 bits per heavy atom. The van der Waals surface area contributed by atoms with Gasteiger partial charge < -0.3 is 10.5 Å². The van der Waals surface area contributed by atoms with Crippen molar-refractivity contribution in [1.29, 1.82) is 0 Å². The van der Waals surface area contributed by atoms with Gasteiger partial charge in [-0.1, -0.05) is 17.8 Å². The van der Waals surface area contributed by atoms with E-state index in [9.17, 15) is 0 Å². The molecule has 0 spiro atoms. The van der Waals surface area contributed by atoms with Gasteiger partial charge in [0.1, 0.15) is 5.75 Å². The van der Waals surface area contributed by atoms with E-state index in [0.717, 1.165) is 41.2 Å². The highest BCUT2D eigenvalue weighted by molar-refractivity contribution is 8.13. The summed E-state index contributed by atoms with van der Waals surface area (Å²) in [5.41, 5.74) is 9.01. The summed E-state index contributed by atoms with van der Waals surface area (Å²) in [5.74, 6) is 2.34. The molecule has 0 bridgehead atoms. The molecule has 0 saturated carbocycles. The predicted octanol–water partition coefficient (Wildman–Crippen LogP) is 2.75. The Morgan fingerprint density at radius 1 is 1.41 bits per heavy atom. The standard InChI is InChI=1S/C16H18N4OS/c1-16-12(9-22-15(17)20-16)4-5-21-14-3-2-10(6-13(14)16)11-7-18-19-8-11/h2-3,6-8,12H,4-5,9H2,1H3,(H2,17,20)(H,18,19)/t12-,16+/m1/s1. The maximum Gasteiger partial charge on any atom is 0.154 e. The van der Waals surface area contributed by atoms with Gasteiger partial charge in [0.05, 0.1) is 18.3 Å². The van der Waals surface area contributed by atoms with Gasteiger partial charge in [-0.25, -0.2) is 0 Å². The lowest BCUT2D eigenvalue weighted by Gasteiger charge is -2.36. The number of H-pyrrole nitrogens is 1. The van der Waals surface area contributed by atoms with Crippen molar-refractivity contribution < 1.29 is 4.74 Å². The second-order valence-corrected chi connectivity index (χ2v) is 6.98. The summed E-state index contributed by atoms with van der Waals surface area (Å²) in [7, 11) is 0. The average molecular weight is 314 g/mol. The van der Waals surface area contributed by atoms with Crippen molar-refractivity contribution in [2.24, 2.45) is 16.6 Å². The maximum absolute atomic E-state index is 6.02. The lowest BCUT2D eigenvalue weighted by molar-refractivity contribution is 0.271. The fourth-order valence-corrected chi connectivity index (χ4v) is 4.41. The minimum absolute atomic E-state index is 0.319. The van der Waals surface area contributed by atoms with Crippen LogP contribution in [0.5, 0.6) is 5.75 Å². The summed E-state index contributed by atoms with van der Waals surface area (Å²) >= 11 is 1.65. The molecule has 0 fully saturated rings. The van der Waals surface area contributed by atoms with Crippen LogP contribution >= 0.6 is 11.8 Å². The molecule has 0 saturated heterocycles. The molecule has 5 nitrogen and oxygen atoms in total. The van der Waals surface area contributed by atoms with Crippen LogP contribution in [0.4, 0.5) is 0 Å². The smallest absolute Gasteiger partial charge is 0.154 e. The summed E-state index contributed by atoms with van der Waals surface area (Å²) in [6.07, 6.45) is 4.72. The zero-order valence-corrected chi connectivity index (χ0v) is 13.2. The van der Waals surface area contributed by atoms with Crippen LogP contribution in [0.25, 0.3) is 11.1 Å². The van der Waals surface area contributed by atoms with E-state index >= 15 is 0 Å². The third-order valence-corrected chi connectivity index (χ3v) is 5.61. The van der Waals surface area contributed by atoms with Gasteiger partial charge in [-0.3, -0.25) is 10.1 Å².